The molecule has 0 radical (unpaired) electrons. The van der Waals surface area contributed by atoms with Crippen LogP contribution in [-0.4, -0.2) is 14.8 Å². The Hall–Kier alpha value is -1.66. The van der Waals surface area contributed by atoms with E-state index in [2.05, 4.69) is 29.4 Å². The predicted molar refractivity (Wildman–Crippen MR) is 72.1 cm³/mol. The number of hydrogen-bond donors (Lipinski definition) is 2. The van der Waals surface area contributed by atoms with Crippen molar-refractivity contribution in [2.45, 2.75) is 39.8 Å². The maximum Gasteiger partial charge on any atom is 0.138 e. The number of furan rings is 1. The van der Waals surface area contributed by atoms with Crippen molar-refractivity contribution < 1.29 is 4.42 Å². The van der Waals surface area contributed by atoms with Crippen LogP contribution in [0, 0.1) is 12.8 Å². The van der Waals surface area contributed by atoms with Crippen LogP contribution in [0.4, 0.5) is 0 Å². The smallest absolute Gasteiger partial charge is 0.138 e. The highest BCUT2D eigenvalue weighted by Gasteiger charge is 2.19. The molecule has 2 aromatic rings. The summed E-state index contributed by atoms with van der Waals surface area (Å²) < 4.78 is 7.41. The maximum absolute atomic E-state index is 5.63. The topological polar surface area (TPSA) is 81.9 Å². The average molecular weight is 263 g/mol. The molecule has 0 amide bonds. The van der Waals surface area contributed by atoms with Crippen molar-refractivity contribution in [3.8, 4) is 0 Å². The molecule has 2 heterocycles. The minimum Gasteiger partial charge on any atom is -0.467 e. The zero-order valence-electron chi connectivity index (χ0n) is 11.6. The standard InChI is InChI=1S/C13H21N5O/c1-9(2)7-18-12(15-8-16-18)6-11(17-14)13-10(3)4-5-19-13/h4-5,8-9,11,17H,6-7,14H2,1-3H3. The van der Waals surface area contributed by atoms with Crippen LogP contribution in [0.25, 0.3) is 0 Å². The van der Waals surface area contributed by atoms with Crippen molar-refractivity contribution in [1.82, 2.24) is 20.2 Å². The summed E-state index contributed by atoms with van der Waals surface area (Å²) in [5.41, 5.74) is 3.87. The Labute approximate surface area is 113 Å². The number of nitrogens with two attached hydrogens (primary N) is 1. The van der Waals surface area contributed by atoms with Gasteiger partial charge in [-0.05, 0) is 24.5 Å². The summed E-state index contributed by atoms with van der Waals surface area (Å²) in [4.78, 5) is 4.31. The Bertz CT molecular complexity index is 517. The molecule has 0 spiro atoms. The number of hydrazine groups is 1. The summed E-state index contributed by atoms with van der Waals surface area (Å²) in [5, 5.41) is 4.25. The van der Waals surface area contributed by atoms with E-state index in [1.54, 1.807) is 12.6 Å². The Kier molecular flexibility index (Phi) is 4.34. The first kappa shape index (κ1) is 13.8. The summed E-state index contributed by atoms with van der Waals surface area (Å²) >= 11 is 0. The van der Waals surface area contributed by atoms with Crippen LogP contribution >= 0.6 is 0 Å². The highest BCUT2D eigenvalue weighted by Crippen LogP contribution is 2.21. The minimum absolute atomic E-state index is 0.0925. The second-order valence-electron chi connectivity index (χ2n) is 5.14. The fourth-order valence-corrected chi connectivity index (χ4v) is 2.10. The molecule has 0 aliphatic rings. The molecule has 6 nitrogen and oxygen atoms in total. The van der Waals surface area contributed by atoms with Gasteiger partial charge in [0.2, 0.25) is 0 Å². The third-order valence-electron chi connectivity index (χ3n) is 3.04. The monoisotopic (exact) mass is 263 g/mol. The van der Waals surface area contributed by atoms with E-state index >= 15 is 0 Å². The third kappa shape index (κ3) is 3.21. The fourth-order valence-electron chi connectivity index (χ4n) is 2.10. The first-order valence-electron chi connectivity index (χ1n) is 6.48. The molecule has 2 aromatic heterocycles. The molecular weight excluding hydrogens is 242 g/mol. The van der Waals surface area contributed by atoms with Gasteiger partial charge in [-0.2, -0.15) is 5.10 Å². The van der Waals surface area contributed by atoms with Gasteiger partial charge in [0.25, 0.3) is 0 Å². The predicted octanol–water partition coefficient (Wildman–Crippen LogP) is 1.58. The fraction of sp³-hybridized carbons (Fsp3) is 0.538. The van der Waals surface area contributed by atoms with Gasteiger partial charge in [-0.15, -0.1) is 0 Å². The average Bonchev–Trinajstić information content (AvgIpc) is 2.95. The molecule has 1 unspecified atom stereocenters. The van der Waals surface area contributed by atoms with Crippen LogP contribution in [0.3, 0.4) is 0 Å². The Morgan fingerprint density at radius 2 is 2.26 bits per heavy atom. The molecule has 104 valence electrons. The molecule has 2 rings (SSSR count). The van der Waals surface area contributed by atoms with Crippen molar-refractivity contribution >= 4 is 0 Å². The molecule has 0 saturated heterocycles. The van der Waals surface area contributed by atoms with Crippen LogP contribution in [-0.2, 0) is 13.0 Å². The van der Waals surface area contributed by atoms with E-state index in [1.165, 1.54) is 0 Å². The van der Waals surface area contributed by atoms with Crippen LogP contribution in [0.5, 0.6) is 0 Å². The summed E-state index contributed by atoms with van der Waals surface area (Å²) in [5.74, 6) is 7.91. The largest absolute Gasteiger partial charge is 0.467 e. The summed E-state index contributed by atoms with van der Waals surface area (Å²) in [6, 6.07) is 1.84. The lowest BCUT2D eigenvalue weighted by Crippen LogP contribution is -2.30. The minimum atomic E-state index is -0.0925. The number of nitrogens with zero attached hydrogens (tertiary/aromatic N) is 3. The number of hydrogen-bond acceptors (Lipinski definition) is 5. The van der Waals surface area contributed by atoms with E-state index in [0.717, 1.165) is 23.7 Å². The molecule has 0 bridgehead atoms. The normalized spacial score (nSPS) is 13.1. The summed E-state index contributed by atoms with van der Waals surface area (Å²) in [6.07, 6.45) is 3.91. The lowest BCUT2D eigenvalue weighted by molar-refractivity contribution is 0.394. The molecule has 19 heavy (non-hydrogen) atoms. The van der Waals surface area contributed by atoms with E-state index in [4.69, 9.17) is 10.3 Å². The molecule has 6 heteroatoms. The highest BCUT2D eigenvalue weighted by molar-refractivity contribution is 5.19. The molecule has 0 fully saturated rings. The van der Waals surface area contributed by atoms with Crippen molar-refractivity contribution in [1.29, 1.82) is 0 Å². The van der Waals surface area contributed by atoms with Gasteiger partial charge >= 0.3 is 0 Å². The number of aromatic nitrogens is 3. The Morgan fingerprint density at radius 3 is 2.84 bits per heavy atom. The van der Waals surface area contributed by atoms with Crippen LogP contribution in [0.1, 0.15) is 37.0 Å². The van der Waals surface area contributed by atoms with Gasteiger partial charge in [0.05, 0.1) is 12.3 Å². The van der Waals surface area contributed by atoms with E-state index in [1.807, 2.05) is 17.7 Å². The maximum atomic E-state index is 5.63. The molecular formula is C13H21N5O. The van der Waals surface area contributed by atoms with Gasteiger partial charge < -0.3 is 4.42 Å². The number of aryl methyl sites for hydroxylation is 1. The van der Waals surface area contributed by atoms with Gasteiger partial charge in [-0.25, -0.2) is 15.1 Å². The van der Waals surface area contributed by atoms with Crippen molar-refractivity contribution in [2.24, 2.45) is 11.8 Å². The van der Waals surface area contributed by atoms with Gasteiger partial charge in [-0.1, -0.05) is 13.8 Å². The Balaban J connectivity index is 2.15. The number of nitrogens with one attached hydrogen (secondary N) is 1. The third-order valence-corrected chi connectivity index (χ3v) is 3.04. The zero-order chi connectivity index (χ0) is 13.8. The first-order valence-corrected chi connectivity index (χ1v) is 6.48. The van der Waals surface area contributed by atoms with Crippen molar-refractivity contribution in [3.05, 3.63) is 35.8 Å². The van der Waals surface area contributed by atoms with Gasteiger partial charge in [0, 0.05) is 13.0 Å². The first-order chi connectivity index (χ1) is 9.11. The molecule has 0 aromatic carbocycles. The number of rotatable bonds is 6. The molecule has 3 N–H and O–H groups in total. The summed E-state index contributed by atoms with van der Waals surface area (Å²) in [6.45, 7) is 7.16. The van der Waals surface area contributed by atoms with Gasteiger partial charge in [-0.3, -0.25) is 5.84 Å². The second kappa shape index (κ2) is 5.99. The highest BCUT2D eigenvalue weighted by atomic mass is 16.3. The SMILES string of the molecule is Cc1ccoc1C(Cc1ncnn1CC(C)C)NN. The second-order valence-corrected chi connectivity index (χ2v) is 5.14. The van der Waals surface area contributed by atoms with E-state index in [-0.39, 0.29) is 6.04 Å². The van der Waals surface area contributed by atoms with Crippen molar-refractivity contribution in [2.75, 3.05) is 0 Å². The van der Waals surface area contributed by atoms with Crippen LogP contribution in [0.15, 0.2) is 23.1 Å². The van der Waals surface area contributed by atoms with E-state index in [0.29, 0.717) is 12.3 Å². The van der Waals surface area contributed by atoms with Crippen LogP contribution in [0.2, 0.25) is 0 Å². The van der Waals surface area contributed by atoms with E-state index in [9.17, 15) is 0 Å². The summed E-state index contributed by atoms with van der Waals surface area (Å²) in [7, 11) is 0. The van der Waals surface area contributed by atoms with Gasteiger partial charge in [0.15, 0.2) is 0 Å². The molecule has 0 aliphatic heterocycles. The van der Waals surface area contributed by atoms with Crippen LogP contribution < -0.4 is 11.3 Å². The van der Waals surface area contributed by atoms with Crippen molar-refractivity contribution in [3.63, 3.8) is 0 Å². The zero-order valence-corrected chi connectivity index (χ0v) is 11.6. The Morgan fingerprint density at radius 1 is 1.47 bits per heavy atom. The quantitative estimate of drug-likeness (QED) is 0.611. The molecule has 1 atom stereocenters. The lowest BCUT2D eigenvalue weighted by Gasteiger charge is -2.15. The van der Waals surface area contributed by atoms with Gasteiger partial charge in [0.1, 0.15) is 17.9 Å². The lowest BCUT2D eigenvalue weighted by atomic mass is 10.1. The molecule has 0 saturated carbocycles. The van der Waals surface area contributed by atoms with E-state index < -0.39 is 0 Å². The molecule has 0 aliphatic carbocycles.